The summed E-state index contributed by atoms with van der Waals surface area (Å²) in [5.41, 5.74) is 0.662. The lowest BCUT2D eigenvalue weighted by Crippen LogP contribution is -2.31. The van der Waals surface area contributed by atoms with E-state index in [4.69, 9.17) is 0 Å². The van der Waals surface area contributed by atoms with Gasteiger partial charge in [-0.3, -0.25) is 4.79 Å². The maximum absolute atomic E-state index is 12.4. The predicted molar refractivity (Wildman–Crippen MR) is 94.3 cm³/mol. The molecule has 1 heterocycles. The van der Waals surface area contributed by atoms with Crippen molar-refractivity contribution in [3.63, 3.8) is 0 Å². The lowest BCUT2D eigenvalue weighted by atomic mass is 9.85. The van der Waals surface area contributed by atoms with Crippen LogP contribution in [-0.2, 0) is 6.54 Å². The van der Waals surface area contributed by atoms with Crippen LogP contribution in [0.2, 0.25) is 0 Å². The maximum atomic E-state index is 12.4. The molecule has 0 aliphatic heterocycles. The van der Waals surface area contributed by atoms with Gasteiger partial charge in [-0.2, -0.15) is 16.9 Å². The van der Waals surface area contributed by atoms with Crippen molar-refractivity contribution in [3.05, 3.63) is 21.0 Å². The number of hydrogen-bond donors (Lipinski definition) is 1. The summed E-state index contributed by atoms with van der Waals surface area (Å²) in [5, 5.41) is 7.52. The van der Waals surface area contributed by atoms with Gasteiger partial charge >= 0.3 is 0 Å². The van der Waals surface area contributed by atoms with E-state index in [1.165, 1.54) is 37.9 Å². The van der Waals surface area contributed by atoms with E-state index in [9.17, 15) is 4.79 Å². The molecule has 118 valence electrons. The molecule has 1 aromatic rings. The van der Waals surface area contributed by atoms with Crippen molar-refractivity contribution in [1.29, 1.82) is 0 Å². The molecule has 1 aromatic heterocycles. The number of hydrogen-bond acceptors (Lipinski definition) is 4. The Morgan fingerprint density at radius 1 is 1.43 bits per heavy atom. The molecule has 21 heavy (non-hydrogen) atoms. The Bertz CT molecular complexity index is 502. The van der Waals surface area contributed by atoms with Crippen LogP contribution in [0.3, 0.4) is 0 Å². The lowest BCUT2D eigenvalue weighted by Gasteiger charge is -2.25. The third kappa shape index (κ3) is 5.02. The first-order chi connectivity index (χ1) is 10.2. The molecule has 0 radical (unpaired) electrons. The maximum Gasteiger partial charge on any atom is 0.291 e. The Balaban J connectivity index is 1.88. The van der Waals surface area contributed by atoms with E-state index in [0.717, 1.165) is 24.0 Å². The van der Waals surface area contributed by atoms with Crippen LogP contribution in [0.1, 0.15) is 38.5 Å². The van der Waals surface area contributed by atoms with Crippen LogP contribution in [-0.4, -0.2) is 28.3 Å². The standard InChI is InChI=1S/C15H24BrN3OS/c1-21-9-4-2-3-8-17-14-13(16)10-18-19(15(14)20)11-12-6-5-7-12/h10,12,17H,2-9,11H2,1H3. The van der Waals surface area contributed by atoms with Crippen LogP contribution >= 0.6 is 27.7 Å². The molecule has 1 aliphatic carbocycles. The summed E-state index contributed by atoms with van der Waals surface area (Å²) in [6, 6.07) is 0. The van der Waals surface area contributed by atoms with Gasteiger partial charge in [0.05, 0.1) is 10.7 Å². The van der Waals surface area contributed by atoms with Gasteiger partial charge in [-0.15, -0.1) is 0 Å². The largest absolute Gasteiger partial charge is 0.380 e. The summed E-state index contributed by atoms with van der Waals surface area (Å²) in [7, 11) is 0. The summed E-state index contributed by atoms with van der Waals surface area (Å²) in [6.07, 6.45) is 11.1. The Kier molecular flexibility index (Phi) is 7.10. The average molecular weight is 374 g/mol. The normalized spacial score (nSPS) is 15.0. The molecule has 1 fully saturated rings. The summed E-state index contributed by atoms with van der Waals surface area (Å²) in [6.45, 7) is 1.60. The highest BCUT2D eigenvalue weighted by molar-refractivity contribution is 9.10. The van der Waals surface area contributed by atoms with E-state index >= 15 is 0 Å². The van der Waals surface area contributed by atoms with Gasteiger partial charge in [0.1, 0.15) is 5.69 Å². The van der Waals surface area contributed by atoms with Crippen molar-refractivity contribution < 1.29 is 0 Å². The van der Waals surface area contributed by atoms with E-state index in [1.807, 2.05) is 11.8 Å². The van der Waals surface area contributed by atoms with Crippen molar-refractivity contribution in [1.82, 2.24) is 9.78 Å². The molecule has 2 rings (SSSR count). The summed E-state index contributed by atoms with van der Waals surface area (Å²) < 4.78 is 2.38. The van der Waals surface area contributed by atoms with Gasteiger partial charge in [-0.05, 0) is 59.5 Å². The van der Waals surface area contributed by atoms with E-state index in [1.54, 1.807) is 10.9 Å². The number of nitrogens with one attached hydrogen (secondary N) is 1. The summed E-state index contributed by atoms with van der Waals surface area (Å²) in [4.78, 5) is 12.4. The highest BCUT2D eigenvalue weighted by Crippen LogP contribution is 2.27. The van der Waals surface area contributed by atoms with E-state index in [2.05, 4.69) is 32.6 Å². The second-order valence-electron chi connectivity index (χ2n) is 5.63. The third-order valence-electron chi connectivity index (χ3n) is 3.98. The van der Waals surface area contributed by atoms with Gasteiger partial charge in [-0.1, -0.05) is 12.8 Å². The second-order valence-corrected chi connectivity index (χ2v) is 7.47. The number of unbranched alkanes of at least 4 members (excludes halogenated alkanes) is 2. The molecule has 0 atom stereocenters. The number of rotatable bonds is 9. The smallest absolute Gasteiger partial charge is 0.291 e. The highest BCUT2D eigenvalue weighted by Gasteiger charge is 2.20. The molecular weight excluding hydrogens is 350 g/mol. The Morgan fingerprint density at radius 2 is 2.24 bits per heavy atom. The van der Waals surface area contributed by atoms with Crippen LogP contribution in [0.5, 0.6) is 0 Å². The van der Waals surface area contributed by atoms with Gasteiger partial charge < -0.3 is 5.32 Å². The van der Waals surface area contributed by atoms with E-state index in [0.29, 0.717) is 11.6 Å². The molecule has 0 amide bonds. The minimum absolute atomic E-state index is 0.000360. The van der Waals surface area contributed by atoms with Gasteiger partial charge in [0, 0.05) is 13.1 Å². The van der Waals surface area contributed by atoms with Gasteiger partial charge in [-0.25, -0.2) is 4.68 Å². The second kappa shape index (κ2) is 8.83. The Labute approximate surface area is 139 Å². The van der Waals surface area contributed by atoms with Crippen LogP contribution in [0.4, 0.5) is 5.69 Å². The Hall–Kier alpha value is -0.490. The topological polar surface area (TPSA) is 46.9 Å². The molecule has 1 N–H and O–H groups in total. The number of thioether (sulfide) groups is 1. The average Bonchev–Trinajstić information content (AvgIpc) is 2.43. The molecule has 0 unspecified atom stereocenters. The van der Waals surface area contributed by atoms with Gasteiger partial charge in [0.2, 0.25) is 0 Å². The Morgan fingerprint density at radius 3 is 2.90 bits per heavy atom. The van der Waals surface area contributed by atoms with Crippen LogP contribution in [0, 0.1) is 5.92 Å². The molecule has 0 bridgehead atoms. The molecule has 0 saturated heterocycles. The minimum atomic E-state index is 0.000360. The molecule has 1 aliphatic rings. The number of anilines is 1. The molecule has 0 spiro atoms. The van der Waals surface area contributed by atoms with Crippen molar-refractivity contribution in [2.45, 2.75) is 45.1 Å². The van der Waals surface area contributed by atoms with Crippen LogP contribution in [0.15, 0.2) is 15.5 Å². The van der Waals surface area contributed by atoms with Crippen molar-refractivity contribution in [3.8, 4) is 0 Å². The van der Waals surface area contributed by atoms with Crippen molar-refractivity contribution in [2.24, 2.45) is 5.92 Å². The number of halogens is 1. The molecular formula is C15H24BrN3OS. The molecule has 4 nitrogen and oxygen atoms in total. The third-order valence-corrected chi connectivity index (χ3v) is 5.28. The zero-order valence-electron chi connectivity index (χ0n) is 12.6. The first kappa shape index (κ1) is 16.9. The van der Waals surface area contributed by atoms with Crippen LogP contribution in [0.25, 0.3) is 0 Å². The first-order valence-corrected chi connectivity index (χ1v) is 9.89. The molecule has 1 saturated carbocycles. The fraction of sp³-hybridized carbons (Fsp3) is 0.733. The summed E-state index contributed by atoms with van der Waals surface area (Å²) in [5.74, 6) is 1.85. The predicted octanol–water partition coefficient (Wildman–Crippen LogP) is 3.75. The van der Waals surface area contributed by atoms with Crippen molar-refractivity contribution in [2.75, 3.05) is 23.9 Å². The quantitative estimate of drug-likeness (QED) is 0.669. The SMILES string of the molecule is CSCCCCCNc1c(Br)cnn(CC2CCC2)c1=O. The van der Waals surface area contributed by atoms with E-state index < -0.39 is 0 Å². The van der Waals surface area contributed by atoms with Crippen LogP contribution < -0.4 is 10.9 Å². The molecule has 6 heteroatoms. The van der Waals surface area contributed by atoms with Crippen molar-refractivity contribution >= 4 is 33.4 Å². The first-order valence-electron chi connectivity index (χ1n) is 7.71. The zero-order valence-corrected chi connectivity index (χ0v) is 15.0. The number of aromatic nitrogens is 2. The molecule has 0 aromatic carbocycles. The van der Waals surface area contributed by atoms with Gasteiger partial charge in [0.25, 0.3) is 5.56 Å². The monoisotopic (exact) mass is 373 g/mol. The summed E-state index contributed by atoms with van der Waals surface area (Å²) >= 11 is 5.32. The highest BCUT2D eigenvalue weighted by atomic mass is 79.9. The minimum Gasteiger partial charge on any atom is -0.380 e. The lowest BCUT2D eigenvalue weighted by molar-refractivity contribution is 0.262. The van der Waals surface area contributed by atoms with E-state index in [-0.39, 0.29) is 5.56 Å². The fourth-order valence-corrected chi connectivity index (χ4v) is 3.33. The number of nitrogens with zero attached hydrogens (tertiary/aromatic N) is 2. The van der Waals surface area contributed by atoms with Gasteiger partial charge in [0.15, 0.2) is 0 Å². The zero-order chi connectivity index (χ0) is 15.1. The fourth-order valence-electron chi connectivity index (χ4n) is 2.44.